The van der Waals surface area contributed by atoms with Gasteiger partial charge in [-0.25, -0.2) is 0 Å². The van der Waals surface area contributed by atoms with Crippen molar-refractivity contribution in [3.63, 3.8) is 0 Å². The maximum absolute atomic E-state index is 12.1. The molecule has 3 rings (SSSR count). The normalized spacial score (nSPS) is 10.5. The maximum atomic E-state index is 12.1. The van der Waals surface area contributed by atoms with Crippen LogP contribution in [0, 0.1) is 17.0 Å². The molecule has 0 aliphatic heterocycles. The monoisotopic (exact) mass is 387 g/mol. The second-order valence-corrected chi connectivity index (χ2v) is 7.41. The summed E-state index contributed by atoms with van der Waals surface area (Å²) in [4.78, 5) is 26.5. The molecule has 0 fully saturated rings. The summed E-state index contributed by atoms with van der Waals surface area (Å²) >= 11 is 2.63. The zero-order valence-corrected chi connectivity index (χ0v) is 15.2. The summed E-state index contributed by atoms with van der Waals surface area (Å²) in [5.74, 6) is -0.138. The van der Waals surface area contributed by atoms with Gasteiger partial charge < -0.3 is 5.32 Å². The van der Waals surface area contributed by atoms with Crippen LogP contribution in [0.4, 0.5) is 11.4 Å². The van der Waals surface area contributed by atoms with Crippen LogP contribution in [0.5, 0.6) is 0 Å². The van der Waals surface area contributed by atoms with Gasteiger partial charge in [-0.3, -0.25) is 19.9 Å². The van der Waals surface area contributed by atoms with Crippen molar-refractivity contribution in [3.8, 4) is 10.6 Å². The minimum Gasteiger partial charge on any atom is -0.325 e. The summed E-state index contributed by atoms with van der Waals surface area (Å²) in [6.45, 7) is 1.78. The molecule has 1 N–H and O–H groups in total. The Labute approximate surface area is 156 Å². The van der Waals surface area contributed by atoms with E-state index in [2.05, 4.69) is 20.5 Å². The molecule has 3 aromatic rings. The molecule has 2 aromatic heterocycles. The van der Waals surface area contributed by atoms with Crippen molar-refractivity contribution in [2.45, 2.75) is 11.3 Å². The molecule has 0 aliphatic rings. The SMILES string of the molecule is Cc1ccc([N+](=O)[O-])cc1NC(=O)CSc1nnc(-c2cccnc2)s1. The Bertz CT molecular complexity index is 946. The topological polar surface area (TPSA) is 111 Å². The van der Waals surface area contributed by atoms with Gasteiger partial charge in [0.2, 0.25) is 5.91 Å². The zero-order valence-electron chi connectivity index (χ0n) is 13.6. The van der Waals surface area contributed by atoms with E-state index in [0.29, 0.717) is 10.0 Å². The summed E-state index contributed by atoms with van der Waals surface area (Å²) < 4.78 is 0.662. The fourth-order valence-electron chi connectivity index (χ4n) is 2.05. The molecule has 26 heavy (non-hydrogen) atoms. The lowest BCUT2D eigenvalue weighted by Gasteiger charge is -2.07. The number of amides is 1. The Morgan fingerprint density at radius 1 is 1.35 bits per heavy atom. The highest BCUT2D eigenvalue weighted by Gasteiger charge is 2.13. The molecule has 0 unspecified atom stereocenters. The first-order chi connectivity index (χ1) is 12.5. The average Bonchev–Trinajstić information content (AvgIpc) is 3.11. The molecule has 0 radical (unpaired) electrons. The average molecular weight is 387 g/mol. The van der Waals surface area contributed by atoms with E-state index >= 15 is 0 Å². The molecule has 0 saturated heterocycles. The van der Waals surface area contributed by atoms with Crippen molar-refractivity contribution in [1.82, 2.24) is 15.2 Å². The van der Waals surface area contributed by atoms with Gasteiger partial charge in [-0.05, 0) is 24.6 Å². The van der Waals surface area contributed by atoms with E-state index in [1.54, 1.807) is 25.4 Å². The summed E-state index contributed by atoms with van der Waals surface area (Å²) in [6.07, 6.45) is 3.38. The van der Waals surface area contributed by atoms with Crippen molar-refractivity contribution in [1.29, 1.82) is 0 Å². The molecule has 8 nitrogen and oxygen atoms in total. The van der Waals surface area contributed by atoms with Gasteiger partial charge in [0.05, 0.1) is 16.4 Å². The fourth-order valence-corrected chi connectivity index (χ4v) is 3.69. The van der Waals surface area contributed by atoms with Crippen LogP contribution in [0.2, 0.25) is 0 Å². The van der Waals surface area contributed by atoms with E-state index in [9.17, 15) is 14.9 Å². The van der Waals surface area contributed by atoms with Gasteiger partial charge >= 0.3 is 0 Å². The number of aromatic nitrogens is 3. The van der Waals surface area contributed by atoms with Crippen LogP contribution in [-0.2, 0) is 4.79 Å². The number of nitro benzene ring substituents is 1. The second-order valence-electron chi connectivity index (χ2n) is 5.21. The number of pyridine rings is 1. The Hall–Kier alpha value is -2.85. The molecular formula is C16H13N5O3S2. The molecule has 0 spiro atoms. The van der Waals surface area contributed by atoms with Crippen LogP contribution < -0.4 is 5.32 Å². The van der Waals surface area contributed by atoms with Crippen LogP contribution in [0.1, 0.15) is 5.56 Å². The van der Waals surface area contributed by atoms with Crippen molar-refractivity contribution in [3.05, 3.63) is 58.4 Å². The summed E-state index contributed by atoms with van der Waals surface area (Å²) in [5, 5.41) is 22.4. The number of carbonyl (C=O) groups is 1. The Morgan fingerprint density at radius 3 is 2.92 bits per heavy atom. The van der Waals surface area contributed by atoms with Crippen molar-refractivity contribution in [2.75, 3.05) is 11.1 Å². The van der Waals surface area contributed by atoms with E-state index in [1.807, 2.05) is 12.1 Å². The molecule has 0 aliphatic carbocycles. The summed E-state index contributed by atoms with van der Waals surface area (Å²) in [5.41, 5.74) is 1.99. The molecule has 0 atom stereocenters. The van der Waals surface area contributed by atoms with Gasteiger partial charge in [-0.15, -0.1) is 10.2 Å². The third-order valence-corrected chi connectivity index (χ3v) is 5.45. The van der Waals surface area contributed by atoms with Crippen LogP contribution in [0.25, 0.3) is 10.6 Å². The molecule has 0 saturated carbocycles. The number of thioether (sulfide) groups is 1. The third-order valence-electron chi connectivity index (χ3n) is 3.35. The Balaban J connectivity index is 1.61. The molecular weight excluding hydrogens is 374 g/mol. The third kappa shape index (κ3) is 4.41. The molecule has 0 bridgehead atoms. The molecule has 1 aromatic carbocycles. The van der Waals surface area contributed by atoms with Crippen LogP contribution >= 0.6 is 23.1 Å². The van der Waals surface area contributed by atoms with Crippen molar-refractivity contribution >= 4 is 40.4 Å². The first kappa shape index (κ1) is 18.0. The molecule has 10 heteroatoms. The zero-order chi connectivity index (χ0) is 18.5. The van der Waals surface area contributed by atoms with Crippen molar-refractivity contribution in [2.24, 2.45) is 0 Å². The van der Waals surface area contributed by atoms with Gasteiger partial charge in [0.25, 0.3) is 5.69 Å². The van der Waals surface area contributed by atoms with E-state index in [1.165, 1.54) is 35.2 Å². The lowest BCUT2D eigenvalue weighted by Crippen LogP contribution is -2.15. The number of hydrogen-bond donors (Lipinski definition) is 1. The number of carbonyl (C=O) groups excluding carboxylic acids is 1. The van der Waals surface area contributed by atoms with Crippen LogP contribution in [0.3, 0.4) is 0 Å². The van der Waals surface area contributed by atoms with Gasteiger partial charge in [-0.1, -0.05) is 29.2 Å². The number of non-ortho nitro benzene ring substituents is 1. The van der Waals surface area contributed by atoms with E-state index in [4.69, 9.17) is 0 Å². The number of anilines is 1. The fraction of sp³-hybridized carbons (Fsp3) is 0.125. The molecule has 2 heterocycles. The van der Waals surface area contributed by atoms with Crippen LogP contribution in [-0.4, -0.2) is 31.8 Å². The maximum Gasteiger partial charge on any atom is 0.271 e. The van der Waals surface area contributed by atoms with Gasteiger partial charge in [0, 0.05) is 30.1 Å². The number of nitrogens with one attached hydrogen (secondary N) is 1. The number of nitro groups is 1. The first-order valence-corrected chi connectivity index (χ1v) is 9.25. The predicted molar refractivity (Wildman–Crippen MR) is 100 cm³/mol. The highest BCUT2D eigenvalue weighted by atomic mass is 32.2. The molecule has 1 amide bonds. The smallest absolute Gasteiger partial charge is 0.271 e. The van der Waals surface area contributed by atoms with E-state index in [0.717, 1.165) is 16.1 Å². The number of aryl methyl sites for hydroxylation is 1. The number of benzene rings is 1. The summed E-state index contributed by atoms with van der Waals surface area (Å²) in [7, 11) is 0. The number of rotatable bonds is 6. The second kappa shape index (κ2) is 8.02. The molecule has 132 valence electrons. The lowest BCUT2D eigenvalue weighted by atomic mass is 10.2. The minimum atomic E-state index is -0.495. The predicted octanol–water partition coefficient (Wildman–Crippen LogP) is 3.55. The van der Waals surface area contributed by atoms with Gasteiger partial charge in [-0.2, -0.15) is 0 Å². The van der Waals surface area contributed by atoms with Crippen LogP contribution in [0.15, 0.2) is 47.1 Å². The highest BCUT2D eigenvalue weighted by molar-refractivity contribution is 8.01. The minimum absolute atomic E-state index is 0.0659. The van der Waals surface area contributed by atoms with E-state index in [-0.39, 0.29) is 17.3 Å². The Kier molecular flexibility index (Phi) is 5.54. The summed E-state index contributed by atoms with van der Waals surface area (Å²) in [6, 6.07) is 8.06. The highest BCUT2D eigenvalue weighted by Crippen LogP contribution is 2.29. The standard InChI is InChI=1S/C16H13N5O3S2/c1-10-4-5-12(21(23)24)7-13(10)18-14(22)9-25-16-20-19-15(26-16)11-3-2-6-17-8-11/h2-8H,9H2,1H3,(H,18,22). The number of nitrogens with zero attached hydrogens (tertiary/aromatic N) is 4. The van der Waals surface area contributed by atoms with E-state index < -0.39 is 4.92 Å². The largest absolute Gasteiger partial charge is 0.325 e. The van der Waals surface area contributed by atoms with Crippen molar-refractivity contribution < 1.29 is 9.72 Å². The lowest BCUT2D eigenvalue weighted by molar-refractivity contribution is -0.384. The van der Waals surface area contributed by atoms with Gasteiger partial charge in [0.1, 0.15) is 5.01 Å². The Morgan fingerprint density at radius 2 is 2.19 bits per heavy atom. The first-order valence-electron chi connectivity index (χ1n) is 7.44. The number of hydrogen-bond acceptors (Lipinski definition) is 8. The van der Waals surface area contributed by atoms with Gasteiger partial charge in [0.15, 0.2) is 4.34 Å². The quantitative estimate of drug-likeness (QED) is 0.391.